The average Bonchev–Trinajstić information content (AvgIpc) is 3.42. The molecule has 162 valence electrons. The molecule has 3 heterocycles. The van der Waals surface area contributed by atoms with Crippen molar-refractivity contribution in [2.24, 2.45) is 0 Å². The Morgan fingerprint density at radius 1 is 1.06 bits per heavy atom. The number of rotatable bonds is 3. The van der Waals surface area contributed by atoms with Crippen LogP contribution < -0.4 is 9.64 Å². The summed E-state index contributed by atoms with van der Waals surface area (Å²) < 4.78 is 11.6. The first kappa shape index (κ1) is 20.1. The van der Waals surface area contributed by atoms with Gasteiger partial charge in [-0.1, -0.05) is 12.1 Å². The number of fused-ring (bicyclic) bond motifs is 1. The number of ether oxygens (including phenoxy) is 1. The molecule has 2 atom stereocenters. The molecule has 6 nitrogen and oxygen atoms in total. The number of amides is 1. The van der Waals surface area contributed by atoms with E-state index in [9.17, 15) is 14.7 Å². The van der Waals surface area contributed by atoms with Crippen molar-refractivity contribution < 1.29 is 23.8 Å². The van der Waals surface area contributed by atoms with E-state index in [2.05, 4.69) is 0 Å². The summed E-state index contributed by atoms with van der Waals surface area (Å²) in [5.74, 6) is 0.177. The van der Waals surface area contributed by atoms with E-state index in [1.165, 1.54) is 4.90 Å². The minimum Gasteiger partial charge on any atom is -0.507 e. The summed E-state index contributed by atoms with van der Waals surface area (Å²) in [5, 5.41) is 11.3. The Kier molecular flexibility index (Phi) is 4.66. The van der Waals surface area contributed by atoms with Crippen LogP contribution in [0.5, 0.6) is 5.75 Å². The maximum Gasteiger partial charge on any atom is 0.300 e. The number of benzene rings is 2. The molecule has 3 aromatic rings. The van der Waals surface area contributed by atoms with Gasteiger partial charge in [-0.3, -0.25) is 14.5 Å². The second-order valence-corrected chi connectivity index (χ2v) is 8.41. The van der Waals surface area contributed by atoms with E-state index < -0.39 is 17.7 Å². The molecule has 2 unspecified atom stereocenters. The van der Waals surface area contributed by atoms with Crippen LogP contribution in [0.2, 0.25) is 0 Å². The Hall–Kier alpha value is -3.80. The van der Waals surface area contributed by atoms with Crippen LogP contribution in [-0.2, 0) is 16.0 Å². The van der Waals surface area contributed by atoms with Gasteiger partial charge in [0, 0.05) is 17.7 Å². The first-order chi connectivity index (χ1) is 15.3. The number of aliphatic hydroxyl groups excluding tert-OH is 1. The summed E-state index contributed by atoms with van der Waals surface area (Å²) in [6.45, 7) is 5.69. The van der Waals surface area contributed by atoms with E-state index in [0.29, 0.717) is 22.8 Å². The molecule has 1 aromatic heterocycles. The molecule has 0 bridgehead atoms. The summed E-state index contributed by atoms with van der Waals surface area (Å²) in [6.07, 6.45) is 0.773. The maximum absolute atomic E-state index is 13.2. The molecule has 6 heteroatoms. The smallest absolute Gasteiger partial charge is 0.300 e. The molecule has 0 aliphatic carbocycles. The van der Waals surface area contributed by atoms with Gasteiger partial charge in [-0.2, -0.15) is 0 Å². The lowest BCUT2D eigenvalue weighted by atomic mass is 9.97. The Morgan fingerprint density at radius 2 is 1.88 bits per heavy atom. The van der Waals surface area contributed by atoms with Gasteiger partial charge in [-0.25, -0.2) is 0 Å². The topological polar surface area (TPSA) is 80.0 Å². The van der Waals surface area contributed by atoms with E-state index in [-0.39, 0.29) is 17.4 Å². The molecule has 0 saturated carbocycles. The quantitative estimate of drug-likeness (QED) is 0.366. The van der Waals surface area contributed by atoms with Gasteiger partial charge >= 0.3 is 0 Å². The Labute approximate surface area is 185 Å². The Balaban J connectivity index is 1.69. The lowest BCUT2D eigenvalue weighted by molar-refractivity contribution is -0.132. The van der Waals surface area contributed by atoms with Gasteiger partial charge in [0.2, 0.25) is 0 Å². The molecule has 1 fully saturated rings. The van der Waals surface area contributed by atoms with E-state index in [4.69, 9.17) is 9.15 Å². The minimum absolute atomic E-state index is 0.0118. The highest BCUT2D eigenvalue weighted by molar-refractivity contribution is 6.51. The van der Waals surface area contributed by atoms with Crippen molar-refractivity contribution in [2.45, 2.75) is 39.3 Å². The van der Waals surface area contributed by atoms with Crippen LogP contribution in [0, 0.1) is 13.8 Å². The number of ketones is 1. The molecule has 2 aliphatic rings. The number of carbonyl (C=O) groups is 2. The number of furan rings is 1. The molecule has 1 amide bonds. The predicted octanol–water partition coefficient (Wildman–Crippen LogP) is 4.85. The Morgan fingerprint density at radius 3 is 2.59 bits per heavy atom. The molecule has 1 saturated heterocycles. The van der Waals surface area contributed by atoms with Gasteiger partial charge in [0.05, 0.1) is 5.57 Å². The fourth-order valence-electron chi connectivity index (χ4n) is 4.47. The third kappa shape index (κ3) is 3.19. The lowest BCUT2D eigenvalue weighted by Crippen LogP contribution is -2.29. The normalized spacial score (nSPS) is 21.7. The zero-order chi connectivity index (χ0) is 22.6. The van der Waals surface area contributed by atoms with Crippen molar-refractivity contribution in [1.29, 1.82) is 0 Å². The first-order valence-corrected chi connectivity index (χ1v) is 10.6. The van der Waals surface area contributed by atoms with E-state index in [1.54, 1.807) is 37.3 Å². The van der Waals surface area contributed by atoms with Crippen molar-refractivity contribution >= 4 is 23.1 Å². The predicted molar refractivity (Wildman–Crippen MR) is 120 cm³/mol. The molecule has 5 rings (SSSR count). The van der Waals surface area contributed by atoms with Gasteiger partial charge in [0.25, 0.3) is 11.7 Å². The van der Waals surface area contributed by atoms with Crippen LogP contribution >= 0.6 is 0 Å². The molecular weight excluding hydrogens is 406 g/mol. The number of anilines is 1. The van der Waals surface area contributed by atoms with Crippen LogP contribution in [0.4, 0.5) is 5.69 Å². The highest BCUT2D eigenvalue weighted by Crippen LogP contribution is 2.43. The third-order valence-corrected chi connectivity index (χ3v) is 5.92. The van der Waals surface area contributed by atoms with Crippen LogP contribution in [0.3, 0.4) is 0 Å². The number of Topliss-reactive ketones (excluding diaryl/α,β-unsaturated/α-hetero) is 1. The number of nitrogens with zero attached hydrogens (tertiary/aromatic N) is 1. The maximum atomic E-state index is 13.2. The van der Waals surface area contributed by atoms with Crippen molar-refractivity contribution in [1.82, 2.24) is 0 Å². The standard InChI is InChI=1S/C26H23NO5/c1-14-5-4-6-19(11-14)27-23(21-9-7-15(2)31-21)22(25(29)26(27)30)24(28)17-8-10-20-18(13-17)12-16(3)32-20/h4-11,13,16,23,28H,12H2,1-3H3/b24-22-. The highest BCUT2D eigenvalue weighted by Gasteiger charge is 2.48. The first-order valence-electron chi connectivity index (χ1n) is 10.6. The number of aliphatic hydroxyl groups is 1. The number of hydrogen-bond acceptors (Lipinski definition) is 5. The fourth-order valence-corrected chi connectivity index (χ4v) is 4.47. The van der Waals surface area contributed by atoms with Crippen LogP contribution in [-0.4, -0.2) is 22.9 Å². The van der Waals surface area contributed by atoms with Gasteiger partial charge in [0.1, 0.15) is 35.2 Å². The number of aryl methyl sites for hydroxylation is 2. The molecule has 0 spiro atoms. The summed E-state index contributed by atoms with van der Waals surface area (Å²) in [4.78, 5) is 27.7. The van der Waals surface area contributed by atoms with Crippen LogP contribution in [0.1, 0.15) is 41.2 Å². The van der Waals surface area contributed by atoms with Crippen molar-refractivity contribution in [3.63, 3.8) is 0 Å². The van der Waals surface area contributed by atoms with Gasteiger partial charge in [0.15, 0.2) is 0 Å². The SMILES string of the molecule is Cc1cccc(N2C(=O)C(=O)/C(=C(\O)c3ccc4c(c3)CC(C)O4)C2c2ccc(C)o2)c1. The highest BCUT2D eigenvalue weighted by atomic mass is 16.5. The third-order valence-electron chi connectivity index (χ3n) is 5.92. The second kappa shape index (κ2) is 7.41. The van der Waals surface area contributed by atoms with Crippen molar-refractivity contribution in [3.8, 4) is 5.75 Å². The summed E-state index contributed by atoms with van der Waals surface area (Å²) >= 11 is 0. The van der Waals surface area contributed by atoms with E-state index in [0.717, 1.165) is 23.3 Å². The minimum atomic E-state index is -0.867. The van der Waals surface area contributed by atoms with Gasteiger partial charge < -0.3 is 14.3 Å². The summed E-state index contributed by atoms with van der Waals surface area (Å²) in [7, 11) is 0. The fraction of sp³-hybridized carbons (Fsp3) is 0.231. The van der Waals surface area contributed by atoms with Gasteiger partial charge in [-0.05, 0) is 74.4 Å². The van der Waals surface area contributed by atoms with E-state index >= 15 is 0 Å². The molecule has 0 radical (unpaired) electrons. The number of hydrogen-bond donors (Lipinski definition) is 1. The molecular formula is C26H23NO5. The summed E-state index contributed by atoms with van der Waals surface area (Å²) in [6, 6.07) is 15.3. The molecule has 1 N–H and O–H groups in total. The van der Waals surface area contributed by atoms with Crippen molar-refractivity contribution in [2.75, 3.05) is 4.90 Å². The van der Waals surface area contributed by atoms with Gasteiger partial charge in [-0.15, -0.1) is 0 Å². The zero-order valence-electron chi connectivity index (χ0n) is 18.1. The lowest BCUT2D eigenvalue weighted by Gasteiger charge is -2.23. The molecule has 32 heavy (non-hydrogen) atoms. The second-order valence-electron chi connectivity index (χ2n) is 8.41. The van der Waals surface area contributed by atoms with Crippen LogP contribution in [0.15, 0.2) is 64.6 Å². The van der Waals surface area contributed by atoms with Crippen LogP contribution in [0.25, 0.3) is 5.76 Å². The monoisotopic (exact) mass is 429 g/mol. The van der Waals surface area contributed by atoms with Crippen molar-refractivity contribution in [3.05, 3.63) is 88.4 Å². The summed E-state index contributed by atoms with van der Waals surface area (Å²) in [5.41, 5.74) is 2.96. The largest absolute Gasteiger partial charge is 0.507 e. The number of carbonyl (C=O) groups excluding carboxylic acids is 2. The molecule has 2 aromatic carbocycles. The molecule has 2 aliphatic heterocycles. The zero-order valence-corrected chi connectivity index (χ0v) is 18.1. The Bertz CT molecular complexity index is 1280. The van der Waals surface area contributed by atoms with E-state index in [1.807, 2.05) is 38.1 Å². The average molecular weight is 429 g/mol.